The molecule has 12 heteroatoms. The lowest BCUT2D eigenvalue weighted by Crippen LogP contribution is -2.36. The van der Waals surface area contributed by atoms with Gasteiger partial charge in [0.25, 0.3) is 0 Å². The van der Waals surface area contributed by atoms with Gasteiger partial charge in [-0.05, 0) is 0 Å². The van der Waals surface area contributed by atoms with Gasteiger partial charge >= 0.3 is 0 Å². The van der Waals surface area contributed by atoms with Crippen LogP contribution in [0.15, 0.2) is 18.6 Å². The highest BCUT2D eigenvalue weighted by molar-refractivity contribution is 7.91. The van der Waals surface area contributed by atoms with E-state index in [0.717, 1.165) is 5.69 Å². The molecule has 2 N–H and O–H groups in total. The summed E-state index contributed by atoms with van der Waals surface area (Å²) in [5.74, 6) is 0.854. The van der Waals surface area contributed by atoms with E-state index in [1.54, 1.807) is 24.0 Å². The van der Waals surface area contributed by atoms with Crippen LogP contribution in [0.5, 0.6) is 0 Å². The summed E-state index contributed by atoms with van der Waals surface area (Å²) in [6.07, 6.45) is 4.46. The maximum atomic E-state index is 12.0. The lowest BCUT2D eigenvalue weighted by atomic mass is 10.0. The van der Waals surface area contributed by atoms with Crippen molar-refractivity contribution in [3.05, 3.63) is 23.6 Å². The summed E-state index contributed by atoms with van der Waals surface area (Å²) >= 11 is 6.27. The Morgan fingerprint density at radius 3 is 2.79 bits per heavy atom. The van der Waals surface area contributed by atoms with Crippen molar-refractivity contribution in [2.75, 3.05) is 35.4 Å². The van der Waals surface area contributed by atoms with Gasteiger partial charge in [0.2, 0.25) is 5.95 Å². The van der Waals surface area contributed by atoms with Gasteiger partial charge in [-0.15, -0.1) is 0 Å². The molecule has 2 saturated heterocycles. The highest BCUT2D eigenvalue weighted by atomic mass is 35.5. The van der Waals surface area contributed by atoms with E-state index in [2.05, 4.69) is 25.7 Å². The minimum Gasteiger partial charge on any atom is -0.373 e. The molecule has 2 aliphatic heterocycles. The minimum atomic E-state index is -3.10. The Hall–Kier alpha value is -1.95. The van der Waals surface area contributed by atoms with E-state index < -0.39 is 9.84 Å². The first-order chi connectivity index (χ1) is 13.8. The lowest BCUT2D eigenvalue weighted by molar-refractivity contribution is 0.0656. The normalized spacial score (nSPS) is 26.4. The van der Waals surface area contributed by atoms with Gasteiger partial charge in [-0.25, -0.2) is 13.4 Å². The molecule has 2 fully saturated rings. The zero-order valence-corrected chi connectivity index (χ0v) is 17.7. The number of aryl methyl sites for hydroxylation is 1. The van der Waals surface area contributed by atoms with Gasteiger partial charge in [-0.3, -0.25) is 4.68 Å². The molecule has 2 unspecified atom stereocenters. The van der Waals surface area contributed by atoms with Crippen molar-refractivity contribution in [3.63, 3.8) is 0 Å². The van der Waals surface area contributed by atoms with Gasteiger partial charge in [0.15, 0.2) is 15.7 Å². The molecule has 0 spiro atoms. The van der Waals surface area contributed by atoms with Gasteiger partial charge in [0, 0.05) is 24.9 Å². The average Bonchev–Trinajstić information content (AvgIpc) is 3.37. The Bertz CT molecular complexity index is 984. The Kier molecular flexibility index (Phi) is 5.65. The smallest absolute Gasteiger partial charge is 0.229 e. The Labute approximate surface area is 173 Å². The van der Waals surface area contributed by atoms with Crippen LogP contribution in [0.2, 0.25) is 5.02 Å². The maximum absolute atomic E-state index is 12.0. The number of halogens is 1. The Balaban J connectivity index is 1.44. The van der Waals surface area contributed by atoms with Crippen molar-refractivity contribution < 1.29 is 17.9 Å². The molecule has 0 aliphatic carbocycles. The zero-order valence-electron chi connectivity index (χ0n) is 16.1. The van der Waals surface area contributed by atoms with Gasteiger partial charge in [0.1, 0.15) is 11.1 Å². The summed E-state index contributed by atoms with van der Waals surface area (Å²) in [6, 6.07) is -0.187. The Morgan fingerprint density at radius 2 is 2.07 bits per heavy atom. The van der Waals surface area contributed by atoms with E-state index in [9.17, 15) is 8.42 Å². The monoisotopic (exact) mass is 442 g/mol. The molecule has 0 radical (unpaired) electrons. The van der Waals surface area contributed by atoms with E-state index in [4.69, 9.17) is 21.1 Å². The molecule has 158 valence electrons. The number of nitrogens with zero attached hydrogens (tertiary/aromatic N) is 4. The van der Waals surface area contributed by atoms with Crippen LogP contribution in [0.3, 0.4) is 0 Å². The average molecular weight is 443 g/mol. The summed E-state index contributed by atoms with van der Waals surface area (Å²) < 4.78 is 37.4. The first-order valence-corrected chi connectivity index (χ1v) is 11.5. The van der Waals surface area contributed by atoms with Crippen molar-refractivity contribution in [3.8, 4) is 0 Å². The molecule has 0 bridgehead atoms. The van der Waals surface area contributed by atoms with Crippen LogP contribution >= 0.6 is 11.6 Å². The molecule has 0 amide bonds. The molecule has 4 atom stereocenters. The van der Waals surface area contributed by atoms with E-state index in [-0.39, 0.29) is 35.7 Å². The van der Waals surface area contributed by atoms with Crippen molar-refractivity contribution in [1.82, 2.24) is 19.7 Å². The van der Waals surface area contributed by atoms with Crippen molar-refractivity contribution in [2.45, 2.75) is 25.2 Å². The SMILES string of the molecule is CCS(=O)(=O)C[C@@H]1COC2C1OC[C@@H]2Nc1nc(Nc2cnn(C)c2)ncc1Cl. The topological polar surface area (TPSA) is 120 Å². The van der Waals surface area contributed by atoms with Gasteiger partial charge in [-0.2, -0.15) is 10.1 Å². The summed E-state index contributed by atoms with van der Waals surface area (Å²) in [5.41, 5.74) is 0.754. The van der Waals surface area contributed by atoms with Crippen LogP contribution in [0.1, 0.15) is 6.92 Å². The predicted molar refractivity (Wildman–Crippen MR) is 108 cm³/mol. The third-order valence-corrected chi connectivity index (χ3v) is 7.18. The molecule has 0 aromatic carbocycles. The number of nitrogens with one attached hydrogen (secondary N) is 2. The van der Waals surface area contributed by atoms with Crippen molar-refractivity contribution in [2.24, 2.45) is 13.0 Å². The maximum Gasteiger partial charge on any atom is 0.229 e. The standard InChI is InChI=1S/C17H23ClN6O4S/c1-3-29(25,26)9-10-7-27-15-13(8-28-14(10)15)22-16-12(18)5-19-17(23-16)21-11-4-20-24(2)6-11/h4-6,10,13-15H,3,7-9H2,1-2H3,(H2,19,21,22,23)/t10-,13-,14?,15?/m0/s1. The number of anilines is 3. The second kappa shape index (κ2) is 8.05. The fourth-order valence-electron chi connectivity index (χ4n) is 3.61. The molecule has 2 aromatic heterocycles. The van der Waals surface area contributed by atoms with Crippen LogP contribution in [0, 0.1) is 5.92 Å². The number of hydrogen-bond acceptors (Lipinski definition) is 9. The van der Waals surface area contributed by atoms with Crippen LogP contribution in [0.25, 0.3) is 0 Å². The van der Waals surface area contributed by atoms with Gasteiger partial charge in [0.05, 0.1) is 49.2 Å². The fourth-order valence-corrected chi connectivity index (χ4v) is 4.93. The third kappa shape index (κ3) is 4.47. The summed E-state index contributed by atoms with van der Waals surface area (Å²) in [7, 11) is -1.28. The van der Waals surface area contributed by atoms with E-state index in [1.165, 1.54) is 6.20 Å². The van der Waals surface area contributed by atoms with E-state index in [1.807, 2.05) is 7.05 Å². The molecular weight excluding hydrogens is 420 g/mol. The fraction of sp³-hybridized carbons (Fsp3) is 0.588. The third-order valence-electron chi connectivity index (χ3n) is 5.09. The molecule has 4 rings (SSSR count). The number of sulfone groups is 1. The summed E-state index contributed by atoms with van der Waals surface area (Å²) in [4.78, 5) is 8.62. The predicted octanol–water partition coefficient (Wildman–Crippen LogP) is 1.24. The van der Waals surface area contributed by atoms with Crippen molar-refractivity contribution >= 4 is 38.9 Å². The number of ether oxygens (including phenoxy) is 2. The molecule has 10 nitrogen and oxygen atoms in total. The number of rotatable bonds is 7. The van der Waals surface area contributed by atoms with Gasteiger partial charge in [-0.1, -0.05) is 18.5 Å². The number of aromatic nitrogens is 4. The highest BCUT2D eigenvalue weighted by Crippen LogP contribution is 2.34. The van der Waals surface area contributed by atoms with Crippen LogP contribution in [-0.2, 0) is 26.4 Å². The van der Waals surface area contributed by atoms with E-state index in [0.29, 0.717) is 30.0 Å². The second-order valence-corrected chi connectivity index (χ2v) is 10.0. The molecule has 0 saturated carbocycles. The van der Waals surface area contributed by atoms with E-state index >= 15 is 0 Å². The first-order valence-electron chi connectivity index (χ1n) is 9.33. The van der Waals surface area contributed by atoms with Crippen LogP contribution < -0.4 is 10.6 Å². The summed E-state index contributed by atoms with van der Waals surface area (Å²) in [6.45, 7) is 2.39. The van der Waals surface area contributed by atoms with Crippen LogP contribution in [0.4, 0.5) is 17.5 Å². The molecule has 4 heterocycles. The number of fused-ring (bicyclic) bond motifs is 1. The Morgan fingerprint density at radius 1 is 1.28 bits per heavy atom. The largest absolute Gasteiger partial charge is 0.373 e. The highest BCUT2D eigenvalue weighted by Gasteiger charge is 2.48. The second-order valence-electron chi connectivity index (χ2n) is 7.22. The molecule has 2 aromatic rings. The molecule has 29 heavy (non-hydrogen) atoms. The van der Waals surface area contributed by atoms with Crippen LogP contribution in [-0.4, -0.2) is 71.1 Å². The number of hydrogen-bond donors (Lipinski definition) is 2. The van der Waals surface area contributed by atoms with Gasteiger partial charge < -0.3 is 20.1 Å². The summed E-state index contributed by atoms with van der Waals surface area (Å²) in [5, 5.41) is 10.8. The molecule has 2 aliphatic rings. The lowest BCUT2D eigenvalue weighted by Gasteiger charge is -2.19. The molecular formula is C17H23ClN6O4S. The zero-order chi connectivity index (χ0) is 20.6. The quantitative estimate of drug-likeness (QED) is 0.652. The minimum absolute atomic E-state index is 0.0742. The first kappa shape index (κ1) is 20.3. The van der Waals surface area contributed by atoms with Crippen molar-refractivity contribution in [1.29, 1.82) is 0 Å².